The zero-order chi connectivity index (χ0) is 15.4. The Morgan fingerprint density at radius 2 is 2.10 bits per heavy atom. The van der Waals surface area contributed by atoms with Gasteiger partial charge in [0.05, 0.1) is 24.2 Å². The highest BCUT2D eigenvalue weighted by molar-refractivity contribution is 9.10. The van der Waals surface area contributed by atoms with Crippen LogP contribution in [0.1, 0.15) is 36.8 Å². The molecule has 5 heteroatoms. The molecule has 0 atom stereocenters. The Morgan fingerprint density at radius 1 is 1.33 bits per heavy atom. The van der Waals surface area contributed by atoms with E-state index in [-0.39, 0.29) is 12.5 Å². The first-order valence-electron chi connectivity index (χ1n) is 6.93. The number of hydrogen-bond donors (Lipinski definition) is 1. The SMILES string of the molecule is CC(C)c1ncc(N(C)Cc2cccc(Br)c2)c(CO)n1. The van der Waals surface area contributed by atoms with E-state index in [1.807, 2.05) is 33.0 Å². The molecule has 0 aliphatic carbocycles. The molecule has 0 saturated heterocycles. The molecule has 0 fully saturated rings. The van der Waals surface area contributed by atoms with E-state index in [9.17, 15) is 5.11 Å². The highest BCUT2D eigenvalue weighted by Gasteiger charge is 2.12. The Balaban J connectivity index is 2.24. The molecule has 1 aromatic heterocycles. The van der Waals surface area contributed by atoms with E-state index < -0.39 is 0 Å². The largest absolute Gasteiger partial charge is 0.390 e. The molecule has 0 unspecified atom stereocenters. The number of hydrogen-bond acceptors (Lipinski definition) is 4. The van der Waals surface area contributed by atoms with E-state index in [0.717, 1.165) is 22.5 Å². The van der Waals surface area contributed by atoms with Crippen molar-refractivity contribution >= 4 is 21.6 Å². The summed E-state index contributed by atoms with van der Waals surface area (Å²) in [4.78, 5) is 10.9. The maximum absolute atomic E-state index is 9.56. The van der Waals surface area contributed by atoms with Crippen molar-refractivity contribution in [2.24, 2.45) is 0 Å². The van der Waals surface area contributed by atoms with Gasteiger partial charge in [0, 0.05) is 24.0 Å². The number of aliphatic hydroxyl groups is 1. The molecule has 112 valence electrons. The topological polar surface area (TPSA) is 49.2 Å². The monoisotopic (exact) mass is 349 g/mol. The van der Waals surface area contributed by atoms with Gasteiger partial charge in [-0.25, -0.2) is 9.97 Å². The van der Waals surface area contributed by atoms with Crippen LogP contribution in [0.4, 0.5) is 5.69 Å². The fraction of sp³-hybridized carbons (Fsp3) is 0.375. The number of anilines is 1. The third-order valence-corrected chi connectivity index (χ3v) is 3.74. The summed E-state index contributed by atoms with van der Waals surface area (Å²) in [6.07, 6.45) is 1.80. The fourth-order valence-electron chi connectivity index (χ4n) is 2.13. The molecule has 1 heterocycles. The van der Waals surface area contributed by atoms with Crippen LogP contribution in [0.3, 0.4) is 0 Å². The Hall–Kier alpha value is -1.46. The third-order valence-electron chi connectivity index (χ3n) is 3.25. The van der Waals surface area contributed by atoms with E-state index in [4.69, 9.17) is 0 Å². The van der Waals surface area contributed by atoms with Gasteiger partial charge >= 0.3 is 0 Å². The van der Waals surface area contributed by atoms with Crippen molar-refractivity contribution in [3.05, 3.63) is 52.0 Å². The van der Waals surface area contributed by atoms with Crippen LogP contribution >= 0.6 is 15.9 Å². The molecule has 21 heavy (non-hydrogen) atoms. The van der Waals surface area contributed by atoms with Crippen molar-refractivity contribution in [3.8, 4) is 0 Å². The van der Waals surface area contributed by atoms with Crippen molar-refractivity contribution < 1.29 is 5.11 Å². The van der Waals surface area contributed by atoms with Crippen LogP contribution in [-0.4, -0.2) is 22.1 Å². The molecular weight excluding hydrogens is 330 g/mol. The summed E-state index contributed by atoms with van der Waals surface area (Å²) in [7, 11) is 1.98. The summed E-state index contributed by atoms with van der Waals surface area (Å²) < 4.78 is 1.06. The van der Waals surface area contributed by atoms with E-state index in [2.05, 4.69) is 42.9 Å². The lowest BCUT2D eigenvalue weighted by atomic mass is 10.2. The first kappa shape index (κ1) is 15.9. The molecular formula is C16H20BrN3O. The Labute approximate surface area is 134 Å². The Morgan fingerprint density at radius 3 is 2.71 bits per heavy atom. The lowest BCUT2D eigenvalue weighted by molar-refractivity contribution is 0.276. The summed E-state index contributed by atoms with van der Waals surface area (Å²) in [6.45, 7) is 4.74. The van der Waals surface area contributed by atoms with Gasteiger partial charge in [0.2, 0.25) is 0 Å². The minimum atomic E-state index is -0.0829. The van der Waals surface area contributed by atoms with Crippen LogP contribution in [-0.2, 0) is 13.2 Å². The zero-order valence-corrected chi connectivity index (χ0v) is 14.1. The first-order chi connectivity index (χ1) is 10.0. The summed E-state index contributed by atoms with van der Waals surface area (Å²) in [5, 5.41) is 9.56. The molecule has 0 aliphatic heterocycles. The third kappa shape index (κ3) is 4.02. The molecule has 0 aliphatic rings. The predicted octanol–water partition coefficient (Wildman–Crippen LogP) is 3.49. The summed E-state index contributed by atoms with van der Waals surface area (Å²) in [6, 6.07) is 8.17. The number of aliphatic hydroxyl groups excluding tert-OH is 1. The van der Waals surface area contributed by atoms with Crippen LogP contribution < -0.4 is 4.90 Å². The minimum absolute atomic E-state index is 0.0829. The normalized spacial score (nSPS) is 11.0. The number of benzene rings is 1. The van der Waals surface area contributed by atoms with Gasteiger partial charge in [-0.3, -0.25) is 0 Å². The van der Waals surface area contributed by atoms with E-state index in [1.165, 1.54) is 5.56 Å². The highest BCUT2D eigenvalue weighted by Crippen LogP contribution is 2.22. The van der Waals surface area contributed by atoms with Gasteiger partial charge in [-0.1, -0.05) is 41.9 Å². The van der Waals surface area contributed by atoms with Crippen LogP contribution in [0.25, 0.3) is 0 Å². The molecule has 4 nitrogen and oxygen atoms in total. The van der Waals surface area contributed by atoms with Crippen LogP contribution in [0.2, 0.25) is 0 Å². The van der Waals surface area contributed by atoms with Gasteiger partial charge < -0.3 is 10.0 Å². The molecule has 0 bridgehead atoms. The van der Waals surface area contributed by atoms with Gasteiger partial charge in [-0.15, -0.1) is 0 Å². The summed E-state index contributed by atoms with van der Waals surface area (Å²) >= 11 is 3.48. The average molecular weight is 350 g/mol. The molecule has 2 aromatic rings. The van der Waals surface area contributed by atoms with Crippen LogP contribution in [0.15, 0.2) is 34.9 Å². The second-order valence-electron chi connectivity index (χ2n) is 5.36. The molecule has 0 radical (unpaired) electrons. The lowest BCUT2D eigenvalue weighted by Gasteiger charge is -2.22. The molecule has 0 amide bonds. The van der Waals surface area contributed by atoms with Crippen LogP contribution in [0.5, 0.6) is 0 Å². The highest BCUT2D eigenvalue weighted by atomic mass is 79.9. The molecule has 1 N–H and O–H groups in total. The van der Waals surface area contributed by atoms with Crippen molar-refractivity contribution in [2.75, 3.05) is 11.9 Å². The van der Waals surface area contributed by atoms with Crippen molar-refractivity contribution in [1.29, 1.82) is 0 Å². The van der Waals surface area contributed by atoms with Gasteiger partial charge in [-0.05, 0) is 17.7 Å². The van der Waals surface area contributed by atoms with Gasteiger partial charge in [0.15, 0.2) is 0 Å². The van der Waals surface area contributed by atoms with Gasteiger partial charge in [0.1, 0.15) is 5.82 Å². The average Bonchev–Trinajstić information content (AvgIpc) is 2.46. The van der Waals surface area contributed by atoms with E-state index in [0.29, 0.717) is 5.69 Å². The van der Waals surface area contributed by atoms with Gasteiger partial charge in [-0.2, -0.15) is 0 Å². The second-order valence-corrected chi connectivity index (χ2v) is 6.27. The van der Waals surface area contributed by atoms with Crippen molar-refractivity contribution in [1.82, 2.24) is 9.97 Å². The number of nitrogens with zero attached hydrogens (tertiary/aromatic N) is 3. The molecule has 1 aromatic carbocycles. The van der Waals surface area contributed by atoms with Crippen molar-refractivity contribution in [3.63, 3.8) is 0 Å². The molecule has 0 saturated carbocycles. The zero-order valence-electron chi connectivity index (χ0n) is 12.5. The smallest absolute Gasteiger partial charge is 0.131 e. The van der Waals surface area contributed by atoms with Crippen molar-refractivity contribution in [2.45, 2.75) is 32.9 Å². The van der Waals surface area contributed by atoms with Crippen LogP contribution in [0, 0.1) is 0 Å². The minimum Gasteiger partial charge on any atom is -0.390 e. The molecule has 2 rings (SSSR count). The summed E-state index contributed by atoms with van der Waals surface area (Å²) in [5.41, 5.74) is 2.72. The number of aromatic nitrogens is 2. The number of halogens is 1. The predicted molar refractivity (Wildman–Crippen MR) is 88.3 cm³/mol. The maximum atomic E-state index is 9.56. The van der Waals surface area contributed by atoms with E-state index >= 15 is 0 Å². The Bertz CT molecular complexity index is 616. The first-order valence-corrected chi connectivity index (χ1v) is 7.72. The lowest BCUT2D eigenvalue weighted by Crippen LogP contribution is -2.20. The summed E-state index contributed by atoms with van der Waals surface area (Å²) in [5.74, 6) is 1.01. The number of rotatable bonds is 5. The van der Waals surface area contributed by atoms with Gasteiger partial charge in [0.25, 0.3) is 0 Å². The molecule has 0 spiro atoms. The fourth-order valence-corrected chi connectivity index (χ4v) is 2.58. The maximum Gasteiger partial charge on any atom is 0.131 e. The quantitative estimate of drug-likeness (QED) is 0.897. The second kappa shape index (κ2) is 7.00. The van der Waals surface area contributed by atoms with E-state index in [1.54, 1.807) is 6.20 Å². The Kier molecular flexibility index (Phi) is 5.31. The standard InChI is InChI=1S/C16H20BrN3O/c1-11(2)16-18-8-15(14(10-21)19-16)20(3)9-12-5-4-6-13(17)7-12/h4-8,11,21H,9-10H2,1-3H3.